The van der Waals surface area contributed by atoms with Gasteiger partial charge in [-0.3, -0.25) is 9.89 Å². The number of hydrogen-bond donors (Lipinski definition) is 1. The number of para-hydroxylation sites is 1. The summed E-state index contributed by atoms with van der Waals surface area (Å²) in [6, 6.07) is 6.38. The lowest BCUT2D eigenvalue weighted by molar-refractivity contribution is 0.0692. The summed E-state index contributed by atoms with van der Waals surface area (Å²) in [5.41, 5.74) is 0.301. The summed E-state index contributed by atoms with van der Waals surface area (Å²) in [5, 5.41) is 11.5. The number of carbonyl (C=O) groups excluding carboxylic acids is 1. The van der Waals surface area contributed by atoms with Crippen LogP contribution >= 0.6 is 0 Å². The van der Waals surface area contributed by atoms with Gasteiger partial charge in [-0.1, -0.05) is 19.1 Å². The van der Waals surface area contributed by atoms with E-state index in [1.54, 1.807) is 23.1 Å². The number of likely N-dealkylation sites (tertiary alicyclic amines) is 1. The molecule has 2 aromatic heterocycles. The summed E-state index contributed by atoms with van der Waals surface area (Å²) in [5.74, 6) is 1.62. The monoisotopic (exact) mass is 397 g/mol. The maximum Gasteiger partial charge on any atom is 0.293 e. The molecule has 1 aromatic carbocycles. The number of H-pyrrole nitrogens is 1. The lowest BCUT2D eigenvalue weighted by Gasteiger charge is -2.30. The van der Waals surface area contributed by atoms with E-state index in [2.05, 4.69) is 25.3 Å². The topological polar surface area (TPSA) is 92.6 Å². The zero-order valence-electron chi connectivity index (χ0n) is 16.6. The zero-order chi connectivity index (χ0) is 20.4. The zero-order valence-corrected chi connectivity index (χ0v) is 16.6. The highest BCUT2D eigenvalue weighted by Gasteiger charge is 2.30. The van der Waals surface area contributed by atoms with Crippen LogP contribution in [0, 0.1) is 12.7 Å². The Kier molecular flexibility index (Phi) is 5.37. The maximum absolute atomic E-state index is 14.3. The molecule has 0 aliphatic carbocycles. The molecule has 3 heterocycles. The molecule has 0 saturated carbocycles. The Labute approximate surface area is 168 Å². The van der Waals surface area contributed by atoms with Crippen LogP contribution in [0.25, 0.3) is 5.69 Å². The number of nitrogens with one attached hydrogen (secondary N) is 1. The third-order valence-corrected chi connectivity index (χ3v) is 5.11. The average molecular weight is 397 g/mol. The molecule has 0 bridgehead atoms. The first kappa shape index (κ1) is 19.2. The lowest BCUT2D eigenvalue weighted by atomic mass is 9.97. The van der Waals surface area contributed by atoms with Gasteiger partial charge in [0.25, 0.3) is 5.91 Å². The van der Waals surface area contributed by atoms with Crippen molar-refractivity contribution in [1.29, 1.82) is 0 Å². The Hall–Kier alpha value is -3.10. The first-order chi connectivity index (χ1) is 14.1. The molecule has 1 unspecified atom stereocenters. The van der Waals surface area contributed by atoms with Crippen LogP contribution in [0.15, 0.2) is 24.3 Å². The van der Waals surface area contributed by atoms with Crippen LogP contribution in [0.2, 0.25) is 0 Å². The molecule has 1 aliphatic heterocycles. The molecule has 8 nitrogen and oxygen atoms in total. The van der Waals surface area contributed by atoms with E-state index in [1.807, 2.05) is 13.8 Å². The Morgan fingerprint density at radius 2 is 2.14 bits per heavy atom. The molecule has 0 radical (unpaired) electrons. The highest BCUT2D eigenvalue weighted by atomic mass is 19.1. The van der Waals surface area contributed by atoms with Crippen molar-refractivity contribution in [3.63, 3.8) is 0 Å². The van der Waals surface area contributed by atoms with Gasteiger partial charge >= 0.3 is 0 Å². The van der Waals surface area contributed by atoms with Crippen molar-refractivity contribution in [3.05, 3.63) is 53.4 Å². The summed E-state index contributed by atoms with van der Waals surface area (Å²) in [7, 11) is 0. The van der Waals surface area contributed by atoms with Gasteiger partial charge in [0.2, 0.25) is 5.82 Å². The molecule has 1 amide bonds. The van der Waals surface area contributed by atoms with Gasteiger partial charge in [-0.15, -0.1) is 5.10 Å². The first-order valence-corrected chi connectivity index (χ1v) is 9.95. The number of hydrogen-bond acceptors (Lipinski definition) is 5. The van der Waals surface area contributed by atoms with Crippen molar-refractivity contribution in [1.82, 2.24) is 34.8 Å². The predicted octanol–water partition coefficient (Wildman–Crippen LogP) is 2.81. The molecule has 1 N–H and O–H groups in total. The second-order valence-electron chi connectivity index (χ2n) is 7.33. The summed E-state index contributed by atoms with van der Waals surface area (Å²) in [6.07, 6.45) is 3.21. The Morgan fingerprint density at radius 3 is 2.86 bits per heavy atom. The molecule has 29 heavy (non-hydrogen) atoms. The summed E-state index contributed by atoms with van der Waals surface area (Å²) < 4.78 is 15.8. The van der Waals surface area contributed by atoms with Crippen LogP contribution in [-0.4, -0.2) is 53.8 Å². The summed E-state index contributed by atoms with van der Waals surface area (Å²) in [4.78, 5) is 23.7. The van der Waals surface area contributed by atoms with Gasteiger partial charge in [0.05, 0.1) is 0 Å². The van der Waals surface area contributed by atoms with E-state index in [-0.39, 0.29) is 17.6 Å². The van der Waals surface area contributed by atoms with Gasteiger partial charge in [0, 0.05) is 25.4 Å². The van der Waals surface area contributed by atoms with Crippen molar-refractivity contribution in [2.75, 3.05) is 13.1 Å². The molecule has 152 valence electrons. The van der Waals surface area contributed by atoms with E-state index >= 15 is 0 Å². The van der Waals surface area contributed by atoms with Crippen molar-refractivity contribution >= 4 is 5.91 Å². The largest absolute Gasteiger partial charge is 0.335 e. The number of rotatable bonds is 5. The van der Waals surface area contributed by atoms with Crippen LogP contribution in [0.4, 0.5) is 4.39 Å². The minimum atomic E-state index is -0.397. The summed E-state index contributed by atoms with van der Waals surface area (Å²) in [6.45, 7) is 5.02. The molecule has 1 saturated heterocycles. The summed E-state index contributed by atoms with van der Waals surface area (Å²) >= 11 is 0. The maximum atomic E-state index is 14.3. The normalized spacial score (nSPS) is 16.9. The second-order valence-corrected chi connectivity index (χ2v) is 7.33. The molecule has 0 spiro atoms. The van der Waals surface area contributed by atoms with Crippen LogP contribution in [-0.2, 0) is 6.42 Å². The second kappa shape index (κ2) is 8.10. The highest BCUT2D eigenvalue weighted by Crippen LogP contribution is 2.25. The third kappa shape index (κ3) is 3.90. The minimum Gasteiger partial charge on any atom is -0.335 e. The molecule has 9 heteroatoms. The molecule has 4 rings (SSSR count). The quantitative estimate of drug-likeness (QED) is 0.715. The van der Waals surface area contributed by atoms with Crippen LogP contribution < -0.4 is 0 Å². The van der Waals surface area contributed by atoms with Crippen molar-refractivity contribution < 1.29 is 9.18 Å². The number of benzene rings is 1. The van der Waals surface area contributed by atoms with E-state index in [0.717, 1.165) is 30.9 Å². The SMILES string of the molecule is CCCc1nc(C(=O)N2CCCC(c3n[nH]c(C)n3)C2)nn1-c1ccccc1F. The van der Waals surface area contributed by atoms with Crippen LogP contribution in [0.5, 0.6) is 0 Å². The number of nitrogens with zero attached hydrogens (tertiary/aromatic N) is 6. The van der Waals surface area contributed by atoms with E-state index in [0.29, 0.717) is 31.0 Å². The minimum absolute atomic E-state index is 0.0846. The fourth-order valence-corrected chi connectivity index (χ4v) is 3.69. The van der Waals surface area contributed by atoms with E-state index in [1.165, 1.54) is 10.7 Å². The van der Waals surface area contributed by atoms with Gasteiger partial charge in [0.15, 0.2) is 5.82 Å². The Bertz CT molecular complexity index is 1010. The van der Waals surface area contributed by atoms with Gasteiger partial charge in [0.1, 0.15) is 23.2 Å². The van der Waals surface area contributed by atoms with Gasteiger partial charge in [-0.05, 0) is 38.3 Å². The van der Waals surface area contributed by atoms with Gasteiger partial charge in [-0.25, -0.2) is 19.0 Å². The van der Waals surface area contributed by atoms with Gasteiger partial charge < -0.3 is 4.90 Å². The fraction of sp³-hybridized carbons (Fsp3) is 0.450. The molecule has 1 aliphatic rings. The smallest absolute Gasteiger partial charge is 0.293 e. The third-order valence-electron chi connectivity index (χ3n) is 5.11. The Balaban J connectivity index is 1.60. The number of halogens is 1. The van der Waals surface area contributed by atoms with Crippen molar-refractivity contribution in [2.45, 2.75) is 45.4 Å². The highest BCUT2D eigenvalue weighted by molar-refractivity contribution is 5.90. The molecular formula is C20H24FN7O. The van der Waals surface area contributed by atoms with Crippen LogP contribution in [0.1, 0.15) is 60.2 Å². The van der Waals surface area contributed by atoms with Crippen LogP contribution in [0.3, 0.4) is 0 Å². The van der Waals surface area contributed by atoms with Gasteiger partial charge in [-0.2, -0.15) is 5.10 Å². The number of carbonyl (C=O) groups is 1. The number of amides is 1. The fourth-order valence-electron chi connectivity index (χ4n) is 3.69. The molecular weight excluding hydrogens is 373 g/mol. The average Bonchev–Trinajstić information content (AvgIpc) is 3.35. The Morgan fingerprint density at radius 1 is 1.31 bits per heavy atom. The van der Waals surface area contributed by atoms with E-state index in [9.17, 15) is 9.18 Å². The number of aryl methyl sites for hydroxylation is 2. The number of aromatic amines is 1. The predicted molar refractivity (Wildman–Crippen MR) is 104 cm³/mol. The standard InChI is InChI=1S/C20H24FN7O/c1-3-7-17-23-19(26-28(17)16-10-5-4-9-15(16)21)20(29)27-11-6-8-14(12-27)18-22-13(2)24-25-18/h4-5,9-10,14H,3,6-8,11-12H2,1-2H3,(H,22,24,25). The van der Waals surface area contributed by atoms with Crippen molar-refractivity contribution in [2.24, 2.45) is 0 Å². The van der Waals surface area contributed by atoms with E-state index < -0.39 is 5.82 Å². The lowest BCUT2D eigenvalue weighted by Crippen LogP contribution is -2.40. The molecule has 1 fully saturated rings. The molecule has 1 atom stereocenters. The van der Waals surface area contributed by atoms with Crippen molar-refractivity contribution in [3.8, 4) is 5.69 Å². The number of piperidine rings is 1. The first-order valence-electron chi connectivity index (χ1n) is 9.95. The molecule has 3 aromatic rings. The van der Waals surface area contributed by atoms with E-state index in [4.69, 9.17) is 0 Å². The number of aromatic nitrogens is 6.